The second-order valence-electron chi connectivity index (χ2n) is 7.68. The van der Waals surface area contributed by atoms with E-state index in [0.29, 0.717) is 11.7 Å². The molecular weight excluding hydrogens is 351 g/mol. The van der Waals surface area contributed by atoms with Gasteiger partial charge in [0.25, 0.3) is 0 Å². The van der Waals surface area contributed by atoms with E-state index in [1.807, 2.05) is 7.05 Å². The molecule has 3 aromatic rings. The predicted molar refractivity (Wildman–Crippen MR) is 117 cm³/mol. The Bertz CT molecular complexity index is 957. The van der Waals surface area contributed by atoms with Gasteiger partial charge in [-0.05, 0) is 55.2 Å². The van der Waals surface area contributed by atoms with Gasteiger partial charge in [-0.15, -0.1) is 0 Å². The molecule has 0 aliphatic rings. The minimum atomic E-state index is -0.265. The van der Waals surface area contributed by atoms with Gasteiger partial charge >= 0.3 is 0 Å². The maximum absolute atomic E-state index is 13.4. The zero-order valence-corrected chi connectivity index (χ0v) is 17.2. The van der Waals surface area contributed by atoms with E-state index in [-0.39, 0.29) is 5.82 Å². The standard InChI is InChI=1S/C24H29FN2O/c1-16(2)7-6-14-27(5)20-12-13-21-22(15-20)28-24(23(21)17(3)26-4)18-8-10-19(25)11-9-18/h8-13,15-16,26H,3,6-7,14H2,1-2,4-5H3. The van der Waals surface area contributed by atoms with Crippen LogP contribution in [0.4, 0.5) is 10.1 Å². The van der Waals surface area contributed by atoms with Gasteiger partial charge in [-0.25, -0.2) is 4.39 Å². The van der Waals surface area contributed by atoms with E-state index in [9.17, 15) is 4.39 Å². The lowest BCUT2D eigenvalue weighted by atomic mass is 10.0. The van der Waals surface area contributed by atoms with Crippen molar-refractivity contribution in [1.82, 2.24) is 5.32 Å². The number of nitrogens with zero attached hydrogens (tertiary/aromatic N) is 1. The molecule has 0 unspecified atom stereocenters. The van der Waals surface area contributed by atoms with E-state index in [2.05, 4.69) is 55.9 Å². The van der Waals surface area contributed by atoms with Crippen molar-refractivity contribution >= 4 is 22.4 Å². The number of rotatable bonds is 8. The lowest BCUT2D eigenvalue weighted by molar-refractivity contribution is 0.555. The highest BCUT2D eigenvalue weighted by Crippen LogP contribution is 2.38. The number of furan rings is 1. The zero-order valence-electron chi connectivity index (χ0n) is 17.2. The van der Waals surface area contributed by atoms with Crippen LogP contribution in [0.1, 0.15) is 32.3 Å². The third-order valence-electron chi connectivity index (χ3n) is 5.10. The van der Waals surface area contributed by atoms with Gasteiger partial charge in [0.1, 0.15) is 17.2 Å². The summed E-state index contributed by atoms with van der Waals surface area (Å²) < 4.78 is 19.6. The lowest BCUT2D eigenvalue weighted by Crippen LogP contribution is -2.18. The molecule has 0 aliphatic heterocycles. The maximum Gasteiger partial charge on any atom is 0.144 e. The van der Waals surface area contributed by atoms with Gasteiger partial charge in [-0.1, -0.05) is 20.4 Å². The molecule has 0 fully saturated rings. The van der Waals surface area contributed by atoms with Crippen molar-refractivity contribution in [2.24, 2.45) is 5.92 Å². The Labute approximate surface area is 166 Å². The Morgan fingerprint density at radius 1 is 1.18 bits per heavy atom. The van der Waals surface area contributed by atoms with Crippen LogP contribution in [0.3, 0.4) is 0 Å². The number of benzene rings is 2. The van der Waals surface area contributed by atoms with Gasteiger partial charge < -0.3 is 14.6 Å². The summed E-state index contributed by atoms with van der Waals surface area (Å²) in [4.78, 5) is 2.26. The van der Waals surface area contributed by atoms with Crippen molar-refractivity contribution in [2.75, 3.05) is 25.5 Å². The highest BCUT2D eigenvalue weighted by molar-refractivity contribution is 5.98. The smallest absolute Gasteiger partial charge is 0.144 e. The molecular formula is C24H29FN2O. The molecule has 1 N–H and O–H groups in total. The van der Waals surface area contributed by atoms with Gasteiger partial charge in [0.05, 0.1) is 5.56 Å². The molecule has 28 heavy (non-hydrogen) atoms. The van der Waals surface area contributed by atoms with Crippen molar-refractivity contribution in [2.45, 2.75) is 26.7 Å². The fourth-order valence-electron chi connectivity index (χ4n) is 3.42. The van der Waals surface area contributed by atoms with Crippen molar-refractivity contribution in [3.05, 3.63) is 60.4 Å². The summed E-state index contributed by atoms with van der Waals surface area (Å²) in [5.74, 6) is 1.16. The van der Waals surface area contributed by atoms with Gasteiger partial charge in [-0.3, -0.25) is 0 Å². The minimum Gasteiger partial charge on any atom is -0.455 e. The second-order valence-corrected chi connectivity index (χ2v) is 7.68. The first kappa shape index (κ1) is 20.0. The van der Waals surface area contributed by atoms with Crippen LogP contribution in [-0.4, -0.2) is 20.6 Å². The number of halogens is 1. The molecule has 0 saturated heterocycles. The topological polar surface area (TPSA) is 28.4 Å². The third kappa shape index (κ3) is 4.22. The first-order valence-corrected chi connectivity index (χ1v) is 9.81. The average molecular weight is 381 g/mol. The van der Waals surface area contributed by atoms with Crippen LogP contribution in [0.2, 0.25) is 0 Å². The molecule has 0 radical (unpaired) electrons. The second kappa shape index (κ2) is 8.51. The quantitative estimate of drug-likeness (QED) is 0.497. The zero-order chi connectivity index (χ0) is 20.3. The molecule has 3 rings (SSSR count). The summed E-state index contributed by atoms with van der Waals surface area (Å²) in [6.45, 7) is 9.64. The molecule has 4 heteroatoms. The largest absolute Gasteiger partial charge is 0.455 e. The number of hydrogen-bond acceptors (Lipinski definition) is 3. The molecule has 0 aliphatic carbocycles. The summed E-state index contributed by atoms with van der Waals surface area (Å²) in [6, 6.07) is 12.6. The number of nitrogens with one attached hydrogen (secondary N) is 1. The number of anilines is 1. The van der Waals surface area contributed by atoms with Crippen LogP contribution in [0.25, 0.3) is 28.0 Å². The Kier molecular flexibility index (Phi) is 6.08. The Morgan fingerprint density at radius 3 is 2.54 bits per heavy atom. The van der Waals surface area contributed by atoms with Crippen LogP contribution in [-0.2, 0) is 0 Å². The SMILES string of the molecule is C=C(NC)c1c(-c2ccc(F)cc2)oc2cc(N(C)CCCC(C)C)ccc12. The maximum atomic E-state index is 13.4. The first-order chi connectivity index (χ1) is 13.4. The lowest BCUT2D eigenvalue weighted by Gasteiger charge is -2.19. The van der Waals surface area contributed by atoms with Gasteiger partial charge in [0.15, 0.2) is 0 Å². The van der Waals surface area contributed by atoms with Crippen LogP contribution in [0.15, 0.2) is 53.5 Å². The van der Waals surface area contributed by atoms with E-state index >= 15 is 0 Å². The van der Waals surface area contributed by atoms with Crippen molar-refractivity contribution < 1.29 is 8.81 Å². The molecule has 0 bridgehead atoms. The van der Waals surface area contributed by atoms with Crippen LogP contribution >= 0.6 is 0 Å². The van der Waals surface area contributed by atoms with E-state index < -0.39 is 0 Å². The van der Waals surface area contributed by atoms with Gasteiger partial charge in [0.2, 0.25) is 0 Å². The van der Waals surface area contributed by atoms with Crippen LogP contribution in [0.5, 0.6) is 0 Å². The summed E-state index contributed by atoms with van der Waals surface area (Å²) >= 11 is 0. The fourth-order valence-corrected chi connectivity index (χ4v) is 3.42. The summed E-state index contributed by atoms with van der Waals surface area (Å²) in [5.41, 5.74) is 4.45. The first-order valence-electron chi connectivity index (χ1n) is 9.81. The van der Waals surface area contributed by atoms with E-state index in [1.54, 1.807) is 12.1 Å². The summed E-state index contributed by atoms with van der Waals surface area (Å²) in [5, 5.41) is 4.12. The predicted octanol–water partition coefficient (Wildman–Crippen LogP) is 6.30. The number of fused-ring (bicyclic) bond motifs is 1. The number of hydrogen-bond donors (Lipinski definition) is 1. The minimum absolute atomic E-state index is 0.265. The molecule has 0 amide bonds. The van der Waals surface area contributed by atoms with E-state index in [1.165, 1.54) is 18.6 Å². The van der Waals surface area contributed by atoms with Gasteiger partial charge in [0, 0.05) is 49.0 Å². The Balaban J connectivity index is 1.99. The van der Waals surface area contributed by atoms with Crippen LogP contribution < -0.4 is 10.2 Å². The molecule has 1 aromatic heterocycles. The summed E-state index contributed by atoms with van der Waals surface area (Å²) in [7, 11) is 3.95. The molecule has 1 heterocycles. The van der Waals surface area contributed by atoms with Gasteiger partial charge in [-0.2, -0.15) is 0 Å². The Hall–Kier alpha value is -2.75. The average Bonchev–Trinajstić information content (AvgIpc) is 3.06. The molecule has 3 nitrogen and oxygen atoms in total. The Morgan fingerprint density at radius 2 is 1.89 bits per heavy atom. The molecule has 148 valence electrons. The highest BCUT2D eigenvalue weighted by Gasteiger charge is 2.19. The van der Waals surface area contributed by atoms with Crippen molar-refractivity contribution in [1.29, 1.82) is 0 Å². The van der Waals surface area contributed by atoms with Crippen LogP contribution in [0, 0.1) is 11.7 Å². The third-order valence-corrected chi connectivity index (χ3v) is 5.10. The fraction of sp³-hybridized carbons (Fsp3) is 0.333. The monoisotopic (exact) mass is 380 g/mol. The molecule has 0 atom stereocenters. The highest BCUT2D eigenvalue weighted by atomic mass is 19.1. The molecule has 2 aromatic carbocycles. The normalized spacial score (nSPS) is 11.2. The van der Waals surface area contributed by atoms with Crippen molar-refractivity contribution in [3.8, 4) is 11.3 Å². The summed E-state index contributed by atoms with van der Waals surface area (Å²) in [6.07, 6.45) is 2.38. The van der Waals surface area contributed by atoms with E-state index in [0.717, 1.165) is 46.4 Å². The van der Waals surface area contributed by atoms with Crippen molar-refractivity contribution in [3.63, 3.8) is 0 Å². The van der Waals surface area contributed by atoms with E-state index in [4.69, 9.17) is 4.42 Å². The molecule has 0 spiro atoms. The molecule has 0 saturated carbocycles.